The predicted octanol–water partition coefficient (Wildman–Crippen LogP) is 2.52. The highest BCUT2D eigenvalue weighted by Crippen LogP contribution is 2.65. The zero-order valence-electron chi connectivity index (χ0n) is 14.8. The molecule has 2 unspecified atom stereocenters. The van der Waals surface area contributed by atoms with Gasteiger partial charge in [-0.05, 0) is 78.1 Å². The van der Waals surface area contributed by atoms with Crippen LogP contribution in [0.4, 0.5) is 0 Å². The molecule has 4 saturated carbocycles. The lowest BCUT2D eigenvalue weighted by Gasteiger charge is -2.64. The third-order valence-corrected chi connectivity index (χ3v) is 6.45. The van der Waals surface area contributed by atoms with Gasteiger partial charge in [-0.15, -0.1) is 0 Å². The zero-order valence-corrected chi connectivity index (χ0v) is 14.8. The highest BCUT2D eigenvalue weighted by molar-refractivity contribution is 5.80. The van der Waals surface area contributed by atoms with E-state index in [1.165, 1.54) is 0 Å². The Bertz CT molecular complexity index is 484. The number of aliphatic carboxylic acids is 1. The molecule has 0 saturated heterocycles. The summed E-state index contributed by atoms with van der Waals surface area (Å²) < 4.78 is 5.73. The molecule has 0 radical (unpaired) electrons. The summed E-state index contributed by atoms with van der Waals surface area (Å²) in [5.41, 5.74) is -2.41. The highest BCUT2D eigenvalue weighted by atomic mass is 16.5. The van der Waals surface area contributed by atoms with Crippen molar-refractivity contribution < 1.29 is 19.7 Å². The molecular weight excluding hydrogens is 294 g/mol. The molecule has 0 heterocycles. The number of hydrogen-bond donors (Lipinski definition) is 3. The number of rotatable bonds is 5. The molecule has 4 fully saturated rings. The second-order valence-electron chi connectivity index (χ2n) is 9.47. The van der Waals surface area contributed by atoms with Crippen molar-refractivity contribution in [2.24, 2.45) is 17.3 Å². The molecule has 5 heteroatoms. The van der Waals surface area contributed by atoms with E-state index in [2.05, 4.69) is 5.32 Å². The summed E-state index contributed by atoms with van der Waals surface area (Å²) in [4.78, 5) is 12.2. The summed E-state index contributed by atoms with van der Waals surface area (Å²) in [6.07, 6.45) is 5.24. The van der Waals surface area contributed by atoms with E-state index in [9.17, 15) is 15.0 Å². The monoisotopic (exact) mass is 325 g/mol. The summed E-state index contributed by atoms with van der Waals surface area (Å²) in [7, 11) is 0. The first-order valence-electron chi connectivity index (χ1n) is 8.82. The molecule has 4 aliphatic rings. The van der Waals surface area contributed by atoms with Gasteiger partial charge >= 0.3 is 5.97 Å². The van der Waals surface area contributed by atoms with Crippen LogP contribution in [-0.4, -0.2) is 39.7 Å². The molecule has 4 aliphatic carbocycles. The summed E-state index contributed by atoms with van der Waals surface area (Å²) >= 11 is 0. The van der Waals surface area contributed by atoms with Gasteiger partial charge in [-0.3, -0.25) is 10.1 Å². The van der Waals surface area contributed by atoms with Crippen LogP contribution in [0, 0.1) is 17.3 Å². The van der Waals surface area contributed by atoms with Crippen molar-refractivity contribution in [2.45, 2.75) is 83.0 Å². The average molecular weight is 325 g/mol. The summed E-state index contributed by atoms with van der Waals surface area (Å²) in [5.74, 6) is 0.0936. The van der Waals surface area contributed by atoms with Gasteiger partial charge in [-0.25, -0.2) is 0 Å². The molecule has 3 N–H and O–H groups in total. The van der Waals surface area contributed by atoms with Gasteiger partial charge in [0.05, 0.1) is 17.9 Å². The minimum Gasteiger partial charge on any atom is -0.480 e. The molecule has 0 spiro atoms. The molecule has 0 aromatic carbocycles. The molecule has 132 valence electrons. The first-order valence-corrected chi connectivity index (χ1v) is 8.82. The number of aliphatic hydroxyl groups is 1. The third-order valence-electron chi connectivity index (χ3n) is 6.45. The van der Waals surface area contributed by atoms with Crippen LogP contribution < -0.4 is 5.32 Å². The molecule has 0 amide bonds. The van der Waals surface area contributed by atoms with Gasteiger partial charge < -0.3 is 14.9 Å². The number of carbonyl (C=O) groups is 1. The van der Waals surface area contributed by atoms with Crippen LogP contribution in [0.5, 0.6) is 0 Å². The van der Waals surface area contributed by atoms with Gasteiger partial charge in [0, 0.05) is 5.41 Å². The quantitative estimate of drug-likeness (QED) is 0.677. The molecule has 5 nitrogen and oxygen atoms in total. The third kappa shape index (κ3) is 2.92. The van der Waals surface area contributed by atoms with Crippen molar-refractivity contribution >= 4 is 5.97 Å². The van der Waals surface area contributed by atoms with Gasteiger partial charge in [0.1, 0.15) is 5.54 Å². The molecule has 4 bridgehead atoms. The smallest absolute Gasteiger partial charge is 0.324 e. The maximum Gasteiger partial charge on any atom is 0.324 e. The summed E-state index contributed by atoms with van der Waals surface area (Å²) in [6, 6.07) is 0. The van der Waals surface area contributed by atoms with Crippen LogP contribution in [0.1, 0.15) is 66.2 Å². The molecule has 0 aromatic rings. The lowest BCUT2D eigenvalue weighted by Crippen LogP contribution is -2.70. The first kappa shape index (κ1) is 17.2. The largest absolute Gasteiger partial charge is 0.480 e. The van der Waals surface area contributed by atoms with Crippen molar-refractivity contribution in [3.63, 3.8) is 0 Å². The Morgan fingerprint density at radius 3 is 2.17 bits per heavy atom. The summed E-state index contributed by atoms with van der Waals surface area (Å²) in [5, 5.41) is 24.1. The second kappa shape index (κ2) is 5.17. The molecular formula is C18H31NO4. The standard InChI is InChI=1S/C18H31NO4/c1-15(2,3)23-11-19-16(4,14(20)21)17-6-12-5-13(7-17)9-18(22,8-12)10-17/h12-13,19,22H,5-11H2,1-4H3,(H,20,21)/t12?,13?,16-,17?,18?/m1/s1. The van der Waals surface area contributed by atoms with Gasteiger partial charge in [-0.1, -0.05) is 0 Å². The van der Waals surface area contributed by atoms with Crippen LogP contribution in [0.15, 0.2) is 0 Å². The molecule has 0 aliphatic heterocycles. The zero-order chi connectivity index (χ0) is 17.1. The van der Waals surface area contributed by atoms with Crippen LogP contribution in [0.2, 0.25) is 0 Å². The number of hydrogen-bond acceptors (Lipinski definition) is 4. The van der Waals surface area contributed by atoms with E-state index < -0.39 is 17.1 Å². The van der Waals surface area contributed by atoms with Crippen molar-refractivity contribution in [3.05, 3.63) is 0 Å². The molecule has 4 rings (SSSR count). The Morgan fingerprint density at radius 1 is 1.17 bits per heavy atom. The van der Waals surface area contributed by atoms with Crippen LogP contribution in [-0.2, 0) is 9.53 Å². The van der Waals surface area contributed by atoms with Crippen molar-refractivity contribution in [2.75, 3.05) is 6.73 Å². The topological polar surface area (TPSA) is 78.8 Å². The van der Waals surface area contributed by atoms with E-state index in [1.54, 1.807) is 6.92 Å². The van der Waals surface area contributed by atoms with Crippen molar-refractivity contribution in [1.29, 1.82) is 0 Å². The normalized spacial score (nSPS) is 41.8. The lowest BCUT2D eigenvalue weighted by molar-refractivity contribution is -0.202. The fourth-order valence-corrected chi connectivity index (χ4v) is 5.69. The highest BCUT2D eigenvalue weighted by Gasteiger charge is 2.65. The fourth-order valence-electron chi connectivity index (χ4n) is 5.69. The molecule has 3 atom stereocenters. The molecule has 23 heavy (non-hydrogen) atoms. The Balaban J connectivity index is 1.84. The van der Waals surface area contributed by atoms with Gasteiger partial charge in [0.15, 0.2) is 0 Å². The number of carboxylic acid groups (broad SMARTS) is 1. The Kier molecular flexibility index (Phi) is 3.86. The predicted molar refractivity (Wildman–Crippen MR) is 86.9 cm³/mol. The van der Waals surface area contributed by atoms with Crippen LogP contribution in [0.25, 0.3) is 0 Å². The van der Waals surface area contributed by atoms with Gasteiger partial charge in [-0.2, -0.15) is 0 Å². The average Bonchev–Trinajstić information content (AvgIpc) is 2.33. The van der Waals surface area contributed by atoms with E-state index >= 15 is 0 Å². The Hall–Kier alpha value is -0.650. The summed E-state index contributed by atoms with van der Waals surface area (Å²) in [6.45, 7) is 7.88. The fraction of sp³-hybridized carbons (Fsp3) is 0.944. The van der Waals surface area contributed by atoms with Crippen molar-refractivity contribution in [3.8, 4) is 0 Å². The minimum atomic E-state index is -1.07. The number of nitrogens with one attached hydrogen (secondary N) is 1. The second-order valence-corrected chi connectivity index (χ2v) is 9.47. The van der Waals surface area contributed by atoms with E-state index in [-0.39, 0.29) is 17.7 Å². The SMILES string of the molecule is CC(C)(C)OCN[C@](C)(C(=O)O)C12CC3CC(CC(O)(C3)C1)C2. The number of ether oxygens (including phenoxy) is 1. The van der Waals surface area contributed by atoms with Crippen molar-refractivity contribution in [1.82, 2.24) is 5.32 Å². The first-order chi connectivity index (χ1) is 10.5. The van der Waals surface area contributed by atoms with Crippen LogP contribution in [0.3, 0.4) is 0 Å². The van der Waals surface area contributed by atoms with Gasteiger partial charge in [0.25, 0.3) is 0 Å². The van der Waals surface area contributed by atoms with E-state index in [0.717, 1.165) is 32.1 Å². The molecule has 0 aromatic heterocycles. The number of carboxylic acids is 1. The van der Waals surface area contributed by atoms with E-state index in [1.807, 2.05) is 20.8 Å². The minimum absolute atomic E-state index is 0.210. The lowest BCUT2D eigenvalue weighted by atomic mass is 9.43. The Morgan fingerprint density at radius 2 is 1.74 bits per heavy atom. The van der Waals surface area contributed by atoms with E-state index in [4.69, 9.17) is 4.74 Å². The van der Waals surface area contributed by atoms with E-state index in [0.29, 0.717) is 18.3 Å². The van der Waals surface area contributed by atoms with Gasteiger partial charge in [0.2, 0.25) is 0 Å². The maximum atomic E-state index is 12.2. The van der Waals surface area contributed by atoms with Crippen LogP contribution >= 0.6 is 0 Å². The Labute approximate surface area is 138 Å². The maximum absolute atomic E-state index is 12.2.